The lowest BCUT2D eigenvalue weighted by Gasteiger charge is -1.97. The van der Waals surface area contributed by atoms with Crippen LogP contribution in [0.3, 0.4) is 0 Å². The topological polar surface area (TPSA) is 119 Å². The van der Waals surface area contributed by atoms with E-state index < -0.39 is 11.8 Å². The summed E-state index contributed by atoms with van der Waals surface area (Å²) in [5.74, 6) is -1.91. The maximum Gasteiger partial charge on any atom is 0.312 e. The molecule has 1 aromatic carbocycles. The molecule has 0 bridgehead atoms. The lowest BCUT2D eigenvalue weighted by atomic mass is 10.1. The van der Waals surface area contributed by atoms with Gasteiger partial charge >= 0.3 is 5.91 Å². The molecule has 8 nitrogen and oxygen atoms in total. The van der Waals surface area contributed by atoms with E-state index in [1.807, 2.05) is 0 Å². The van der Waals surface area contributed by atoms with E-state index >= 15 is 0 Å². The summed E-state index contributed by atoms with van der Waals surface area (Å²) in [6.07, 6.45) is 0. The van der Waals surface area contributed by atoms with Gasteiger partial charge < -0.3 is 10.1 Å². The van der Waals surface area contributed by atoms with Gasteiger partial charge in [0.25, 0.3) is 0 Å². The zero-order valence-corrected chi connectivity index (χ0v) is 11.0. The van der Waals surface area contributed by atoms with Crippen molar-refractivity contribution < 1.29 is 14.7 Å². The van der Waals surface area contributed by atoms with E-state index in [0.717, 1.165) is 0 Å². The molecule has 106 valence electrons. The van der Waals surface area contributed by atoms with Crippen molar-refractivity contribution in [2.24, 2.45) is 21.2 Å². The van der Waals surface area contributed by atoms with Crippen molar-refractivity contribution in [2.75, 3.05) is 0 Å². The Morgan fingerprint density at radius 3 is 2.86 bits per heavy atom. The van der Waals surface area contributed by atoms with E-state index in [1.165, 1.54) is 0 Å². The fourth-order valence-corrected chi connectivity index (χ4v) is 2.03. The van der Waals surface area contributed by atoms with Gasteiger partial charge in [0.05, 0.1) is 11.4 Å². The lowest BCUT2D eigenvalue weighted by molar-refractivity contribution is -0.122. The highest BCUT2D eigenvalue weighted by Crippen LogP contribution is 2.35. The third-order valence-electron chi connectivity index (χ3n) is 3.21. The van der Waals surface area contributed by atoms with Crippen molar-refractivity contribution in [3.8, 4) is 5.88 Å². The van der Waals surface area contributed by atoms with Gasteiger partial charge in [-0.3, -0.25) is 9.59 Å². The second-order valence-corrected chi connectivity index (χ2v) is 4.57. The van der Waals surface area contributed by atoms with Gasteiger partial charge in [-0.1, -0.05) is 18.2 Å². The second kappa shape index (κ2) is 4.82. The Kier molecular flexibility index (Phi) is 2.98. The van der Waals surface area contributed by atoms with E-state index in [0.29, 0.717) is 10.9 Å². The first-order valence-corrected chi connectivity index (χ1v) is 6.21. The molecule has 0 saturated heterocycles. The molecule has 0 radical (unpaired) electrons. The molecule has 1 aromatic heterocycles. The maximum atomic E-state index is 11.9. The van der Waals surface area contributed by atoms with Crippen LogP contribution in [-0.2, 0) is 9.59 Å². The first-order valence-electron chi connectivity index (χ1n) is 6.21. The largest absolute Gasteiger partial charge is 0.493 e. The van der Waals surface area contributed by atoms with E-state index in [9.17, 15) is 14.7 Å². The minimum Gasteiger partial charge on any atom is -0.493 e. The minimum atomic E-state index is -0.717. The van der Waals surface area contributed by atoms with Crippen molar-refractivity contribution in [1.29, 1.82) is 0 Å². The van der Waals surface area contributed by atoms with Crippen LogP contribution in [0.4, 0.5) is 5.69 Å². The van der Waals surface area contributed by atoms with Crippen LogP contribution >= 0.6 is 0 Å². The first kappa shape index (κ1) is 13.0. The molecule has 3 N–H and O–H groups in total. The third-order valence-corrected chi connectivity index (χ3v) is 3.21. The highest BCUT2D eigenvalue weighted by atomic mass is 16.3. The quantitative estimate of drug-likeness (QED) is 0.727. The number of hydrogen-bond donors (Lipinski definition) is 3. The zero-order chi connectivity index (χ0) is 15.0. The molecule has 21 heavy (non-hydrogen) atoms. The van der Waals surface area contributed by atoms with Crippen LogP contribution < -0.4 is 5.43 Å². The molecule has 0 fully saturated rings. The Labute approximate surface area is 118 Å². The fraction of sp³-hybridized carbons (Fsp3) is 0.154. The Balaban J connectivity index is 1.90. The number of aromatic nitrogens is 1. The van der Waals surface area contributed by atoms with Crippen LogP contribution in [0.2, 0.25) is 0 Å². The molecule has 1 aliphatic rings. The van der Waals surface area contributed by atoms with Gasteiger partial charge in [0.2, 0.25) is 11.8 Å². The van der Waals surface area contributed by atoms with Gasteiger partial charge in [0.1, 0.15) is 5.71 Å². The number of rotatable bonds is 2. The SMILES string of the molecule is C[C@H]1C(=O)NN=C1C(=O)N=Nc1c(O)[nH]c2ccccc12. The number of benzene rings is 1. The van der Waals surface area contributed by atoms with Gasteiger partial charge in [-0.2, -0.15) is 5.10 Å². The summed E-state index contributed by atoms with van der Waals surface area (Å²) in [4.78, 5) is 25.9. The number of aromatic hydroxyl groups is 1. The molecule has 2 heterocycles. The van der Waals surface area contributed by atoms with Crippen molar-refractivity contribution in [2.45, 2.75) is 6.92 Å². The van der Waals surface area contributed by atoms with Crippen LogP contribution in [0.15, 0.2) is 39.6 Å². The summed E-state index contributed by atoms with van der Waals surface area (Å²) < 4.78 is 0. The predicted octanol–water partition coefficient (Wildman–Crippen LogP) is 1.61. The number of carbonyl (C=O) groups is 2. The number of hydrogen-bond acceptors (Lipinski definition) is 5. The molecule has 2 amide bonds. The molecule has 1 aliphatic heterocycles. The van der Waals surface area contributed by atoms with E-state index in [1.54, 1.807) is 31.2 Å². The number of azo groups is 1. The number of nitrogens with one attached hydrogen (secondary N) is 2. The predicted molar refractivity (Wildman–Crippen MR) is 74.2 cm³/mol. The molecular weight excluding hydrogens is 274 g/mol. The molecule has 0 unspecified atom stereocenters. The number of hydrazone groups is 1. The van der Waals surface area contributed by atoms with Crippen molar-refractivity contribution >= 4 is 34.1 Å². The van der Waals surface area contributed by atoms with Gasteiger partial charge in [-0.25, -0.2) is 5.43 Å². The fourth-order valence-electron chi connectivity index (χ4n) is 2.03. The van der Waals surface area contributed by atoms with Crippen LogP contribution in [0, 0.1) is 5.92 Å². The van der Waals surface area contributed by atoms with Crippen LogP contribution in [0.5, 0.6) is 5.88 Å². The summed E-state index contributed by atoms with van der Waals surface area (Å²) in [5.41, 5.74) is 3.06. The second-order valence-electron chi connectivity index (χ2n) is 4.57. The number of para-hydroxylation sites is 1. The van der Waals surface area contributed by atoms with Crippen molar-refractivity contribution in [3.05, 3.63) is 24.3 Å². The third kappa shape index (κ3) is 2.16. The van der Waals surface area contributed by atoms with Gasteiger partial charge in [-0.15, -0.1) is 10.2 Å². The monoisotopic (exact) mass is 285 g/mol. The molecular formula is C13H11N5O3. The van der Waals surface area contributed by atoms with Crippen molar-refractivity contribution in [3.63, 3.8) is 0 Å². The molecule has 0 aliphatic carbocycles. The Morgan fingerprint density at radius 2 is 2.14 bits per heavy atom. The summed E-state index contributed by atoms with van der Waals surface area (Å²) >= 11 is 0. The number of aromatic amines is 1. The molecule has 8 heteroatoms. The normalized spacial score (nSPS) is 18.2. The van der Waals surface area contributed by atoms with Gasteiger partial charge in [-0.05, 0) is 13.0 Å². The Bertz CT molecular complexity index is 805. The number of amides is 2. The Hall–Kier alpha value is -3.03. The van der Waals surface area contributed by atoms with Crippen LogP contribution in [0.25, 0.3) is 10.9 Å². The highest BCUT2D eigenvalue weighted by molar-refractivity contribution is 6.44. The van der Waals surface area contributed by atoms with Gasteiger partial charge in [0, 0.05) is 5.39 Å². The first-order chi connectivity index (χ1) is 10.1. The zero-order valence-electron chi connectivity index (χ0n) is 11.0. The lowest BCUT2D eigenvalue weighted by Crippen LogP contribution is -2.23. The van der Waals surface area contributed by atoms with Crippen LogP contribution in [0.1, 0.15) is 6.92 Å². The Morgan fingerprint density at radius 1 is 1.38 bits per heavy atom. The van der Waals surface area contributed by atoms with Crippen LogP contribution in [-0.4, -0.2) is 27.6 Å². The number of carbonyl (C=O) groups excluding carboxylic acids is 2. The number of H-pyrrole nitrogens is 1. The standard InChI is InChI=1S/C13H11N5O3/c1-6-9(15-17-11(6)19)13(21)18-16-10-7-4-2-3-5-8(7)14-12(10)20/h2-6,14,20H,1H3,(H,17,19)/t6-/m1/s1. The summed E-state index contributed by atoms with van der Waals surface area (Å²) in [6.45, 7) is 1.55. The smallest absolute Gasteiger partial charge is 0.312 e. The summed E-state index contributed by atoms with van der Waals surface area (Å²) in [6, 6.07) is 7.09. The van der Waals surface area contributed by atoms with Gasteiger partial charge in [0.15, 0.2) is 5.69 Å². The molecule has 1 atom stereocenters. The molecule has 0 spiro atoms. The van der Waals surface area contributed by atoms with E-state index in [4.69, 9.17) is 0 Å². The van der Waals surface area contributed by atoms with E-state index in [2.05, 4.69) is 25.7 Å². The maximum absolute atomic E-state index is 11.9. The summed E-state index contributed by atoms with van der Waals surface area (Å²) in [7, 11) is 0. The number of nitrogens with zero attached hydrogens (tertiary/aromatic N) is 3. The molecule has 0 saturated carbocycles. The van der Waals surface area contributed by atoms with E-state index in [-0.39, 0.29) is 23.2 Å². The summed E-state index contributed by atoms with van der Waals surface area (Å²) in [5, 5.41) is 21.4. The average Bonchev–Trinajstić information content (AvgIpc) is 2.97. The van der Waals surface area contributed by atoms with Crippen molar-refractivity contribution in [1.82, 2.24) is 10.4 Å². The highest BCUT2D eigenvalue weighted by Gasteiger charge is 2.30. The molecule has 2 aromatic rings. The number of fused-ring (bicyclic) bond motifs is 1. The minimum absolute atomic E-state index is 0.00285. The average molecular weight is 285 g/mol. The molecule has 3 rings (SSSR count).